The van der Waals surface area contributed by atoms with Crippen LogP contribution in [0.15, 0.2) is 30.0 Å². The molecule has 0 radical (unpaired) electrons. The predicted octanol–water partition coefficient (Wildman–Crippen LogP) is 3.45. The van der Waals surface area contributed by atoms with E-state index in [0.29, 0.717) is 6.04 Å². The lowest BCUT2D eigenvalue weighted by Crippen LogP contribution is -2.34. The standard InChI is InChI=1S/C18H23N7S/c1-13-21-14(11-16(22-13)23-18-20-7-10-26-18)15-5-3-4-8-25(15)12-17-19-6-9-24(17)2/h6-7,9-11,15H,3-5,8,12H2,1-2H3,(H,20,21,22,23)/t15-/m1/s1. The van der Waals surface area contributed by atoms with Crippen LogP contribution < -0.4 is 5.32 Å². The van der Waals surface area contributed by atoms with Crippen molar-refractivity contribution >= 4 is 22.3 Å². The highest BCUT2D eigenvalue weighted by molar-refractivity contribution is 7.13. The molecule has 0 saturated carbocycles. The van der Waals surface area contributed by atoms with Gasteiger partial charge in [0.2, 0.25) is 0 Å². The number of imidazole rings is 1. The van der Waals surface area contributed by atoms with Crippen molar-refractivity contribution in [3.05, 3.63) is 47.4 Å². The molecule has 0 bridgehead atoms. The number of hydrogen-bond donors (Lipinski definition) is 1. The van der Waals surface area contributed by atoms with Crippen LogP contribution in [-0.2, 0) is 13.6 Å². The van der Waals surface area contributed by atoms with E-state index in [4.69, 9.17) is 4.98 Å². The lowest BCUT2D eigenvalue weighted by molar-refractivity contribution is 0.132. The van der Waals surface area contributed by atoms with Crippen LogP contribution in [0.4, 0.5) is 10.9 Å². The molecule has 0 amide bonds. The van der Waals surface area contributed by atoms with Crippen LogP contribution in [0, 0.1) is 6.92 Å². The molecule has 8 heteroatoms. The number of piperidine rings is 1. The number of aromatic nitrogens is 5. The van der Waals surface area contributed by atoms with Gasteiger partial charge in [0.1, 0.15) is 17.5 Å². The monoisotopic (exact) mass is 369 g/mol. The van der Waals surface area contributed by atoms with Crippen molar-refractivity contribution in [2.24, 2.45) is 7.05 Å². The van der Waals surface area contributed by atoms with Gasteiger partial charge in [-0.05, 0) is 26.3 Å². The lowest BCUT2D eigenvalue weighted by Gasteiger charge is -2.35. The molecule has 1 aliphatic heterocycles. The first kappa shape index (κ1) is 17.1. The summed E-state index contributed by atoms with van der Waals surface area (Å²) in [5, 5.41) is 6.10. The number of hydrogen-bond acceptors (Lipinski definition) is 7. The molecule has 4 heterocycles. The molecule has 0 spiro atoms. The zero-order chi connectivity index (χ0) is 17.9. The van der Waals surface area contributed by atoms with Crippen molar-refractivity contribution in [3.63, 3.8) is 0 Å². The minimum atomic E-state index is 0.291. The van der Waals surface area contributed by atoms with E-state index >= 15 is 0 Å². The SMILES string of the molecule is Cc1nc(Nc2nccs2)cc([C@H]2CCCCN2Cc2nccn2C)n1. The normalized spacial score (nSPS) is 18.2. The Morgan fingerprint density at radius 2 is 2.15 bits per heavy atom. The molecule has 3 aromatic rings. The van der Waals surface area contributed by atoms with E-state index in [2.05, 4.69) is 35.8 Å². The second-order valence-corrected chi connectivity index (χ2v) is 7.52. The van der Waals surface area contributed by atoms with Crippen molar-refractivity contribution in [1.29, 1.82) is 0 Å². The summed E-state index contributed by atoms with van der Waals surface area (Å²) in [5.74, 6) is 2.68. The molecule has 136 valence electrons. The Morgan fingerprint density at radius 3 is 2.92 bits per heavy atom. The van der Waals surface area contributed by atoms with Crippen LogP contribution in [-0.4, -0.2) is 35.9 Å². The summed E-state index contributed by atoms with van der Waals surface area (Å²) in [5.41, 5.74) is 1.07. The van der Waals surface area contributed by atoms with E-state index in [9.17, 15) is 0 Å². The van der Waals surface area contributed by atoms with Gasteiger partial charge in [-0.25, -0.2) is 19.9 Å². The second kappa shape index (κ2) is 7.51. The summed E-state index contributed by atoms with van der Waals surface area (Å²) in [6.07, 6.45) is 9.20. The first-order valence-corrected chi connectivity index (χ1v) is 9.79. The summed E-state index contributed by atoms with van der Waals surface area (Å²) in [7, 11) is 2.05. The van der Waals surface area contributed by atoms with Gasteiger partial charge in [-0.1, -0.05) is 6.42 Å². The number of aryl methyl sites for hydroxylation is 2. The van der Waals surface area contributed by atoms with Crippen molar-refractivity contribution in [2.75, 3.05) is 11.9 Å². The van der Waals surface area contributed by atoms with Crippen LogP contribution in [0.1, 0.15) is 42.6 Å². The van der Waals surface area contributed by atoms with Crippen LogP contribution in [0.2, 0.25) is 0 Å². The zero-order valence-electron chi connectivity index (χ0n) is 15.1. The molecule has 0 unspecified atom stereocenters. The van der Waals surface area contributed by atoms with Gasteiger partial charge in [-0.2, -0.15) is 0 Å². The number of likely N-dealkylation sites (tertiary alicyclic amines) is 1. The average Bonchev–Trinajstić information content (AvgIpc) is 3.27. The van der Waals surface area contributed by atoms with E-state index in [1.807, 2.05) is 31.7 Å². The smallest absolute Gasteiger partial charge is 0.188 e. The van der Waals surface area contributed by atoms with Crippen molar-refractivity contribution in [1.82, 2.24) is 29.4 Å². The number of anilines is 2. The summed E-state index contributed by atoms with van der Waals surface area (Å²) < 4.78 is 2.09. The maximum absolute atomic E-state index is 4.75. The number of thiazole rings is 1. The number of rotatable bonds is 5. The third-order valence-electron chi connectivity index (χ3n) is 4.75. The van der Waals surface area contributed by atoms with Crippen molar-refractivity contribution < 1.29 is 0 Å². The largest absolute Gasteiger partial charge is 0.337 e. The van der Waals surface area contributed by atoms with Gasteiger partial charge in [0.15, 0.2) is 5.13 Å². The highest BCUT2D eigenvalue weighted by Gasteiger charge is 2.26. The van der Waals surface area contributed by atoms with E-state index in [1.54, 1.807) is 17.5 Å². The third kappa shape index (κ3) is 3.76. The number of nitrogens with one attached hydrogen (secondary N) is 1. The summed E-state index contributed by atoms with van der Waals surface area (Å²) in [6.45, 7) is 3.85. The molecule has 1 aliphatic rings. The predicted molar refractivity (Wildman–Crippen MR) is 102 cm³/mol. The fourth-order valence-electron chi connectivity index (χ4n) is 3.47. The van der Waals surface area contributed by atoms with E-state index in [0.717, 1.165) is 47.8 Å². The first-order chi connectivity index (χ1) is 12.7. The first-order valence-electron chi connectivity index (χ1n) is 8.91. The van der Waals surface area contributed by atoms with Crippen LogP contribution in [0.25, 0.3) is 0 Å². The van der Waals surface area contributed by atoms with E-state index in [1.165, 1.54) is 12.8 Å². The van der Waals surface area contributed by atoms with Gasteiger partial charge in [-0.15, -0.1) is 11.3 Å². The van der Waals surface area contributed by atoms with Crippen molar-refractivity contribution in [2.45, 2.75) is 38.8 Å². The maximum Gasteiger partial charge on any atom is 0.188 e. The highest BCUT2D eigenvalue weighted by atomic mass is 32.1. The summed E-state index contributed by atoms with van der Waals surface area (Å²) in [6, 6.07) is 2.36. The molecule has 1 N–H and O–H groups in total. The minimum Gasteiger partial charge on any atom is -0.337 e. The second-order valence-electron chi connectivity index (χ2n) is 6.62. The Bertz CT molecular complexity index is 858. The van der Waals surface area contributed by atoms with Gasteiger partial charge >= 0.3 is 0 Å². The Balaban J connectivity index is 1.59. The van der Waals surface area contributed by atoms with E-state index in [-0.39, 0.29) is 0 Å². The molecule has 3 aromatic heterocycles. The lowest BCUT2D eigenvalue weighted by atomic mass is 9.99. The van der Waals surface area contributed by atoms with E-state index < -0.39 is 0 Å². The van der Waals surface area contributed by atoms with Gasteiger partial charge in [0.25, 0.3) is 0 Å². The van der Waals surface area contributed by atoms with Crippen LogP contribution >= 0.6 is 11.3 Å². The Kier molecular flexibility index (Phi) is 4.94. The fraction of sp³-hybridized carbons (Fsp3) is 0.444. The summed E-state index contributed by atoms with van der Waals surface area (Å²) in [4.78, 5) is 20.5. The van der Waals surface area contributed by atoms with Gasteiger partial charge in [0.05, 0.1) is 18.3 Å². The molecule has 1 atom stereocenters. The van der Waals surface area contributed by atoms with Gasteiger partial charge in [0, 0.05) is 37.1 Å². The molecule has 7 nitrogen and oxygen atoms in total. The molecular weight excluding hydrogens is 346 g/mol. The van der Waals surface area contributed by atoms with Gasteiger partial charge in [-0.3, -0.25) is 4.90 Å². The van der Waals surface area contributed by atoms with Crippen LogP contribution in [0.5, 0.6) is 0 Å². The molecule has 0 aromatic carbocycles. The molecule has 26 heavy (non-hydrogen) atoms. The highest BCUT2D eigenvalue weighted by Crippen LogP contribution is 2.32. The Labute approximate surface area is 157 Å². The molecule has 0 aliphatic carbocycles. The molecule has 1 saturated heterocycles. The Morgan fingerprint density at radius 1 is 1.23 bits per heavy atom. The minimum absolute atomic E-state index is 0.291. The van der Waals surface area contributed by atoms with Crippen LogP contribution in [0.3, 0.4) is 0 Å². The van der Waals surface area contributed by atoms with Crippen molar-refractivity contribution in [3.8, 4) is 0 Å². The average molecular weight is 369 g/mol. The molecular formula is C18H23N7S. The topological polar surface area (TPSA) is 71.8 Å². The zero-order valence-corrected chi connectivity index (χ0v) is 15.9. The summed E-state index contributed by atoms with van der Waals surface area (Å²) >= 11 is 1.57. The quantitative estimate of drug-likeness (QED) is 0.743. The number of nitrogens with zero attached hydrogens (tertiary/aromatic N) is 6. The fourth-order valence-corrected chi connectivity index (χ4v) is 4.00. The molecule has 1 fully saturated rings. The third-order valence-corrected chi connectivity index (χ3v) is 5.43. The molecule has 4 rings (SSSR count). The maximum atomic E-state index is 4.75. The van der Waals surface area contributed by atoms with Gasteiger partial charge < -0.3 is 9.88 Å². The Hall–Kier alpha value is -2.32.